The Labute approximate surface area is 421 Å². The fraction of sp³-hybridized carbons (Fsp3) is 0.396. The number of carbonyl (C=O) groups is 2. The highest BCUT2D eigenvalue weighted by Crippen LogP contribution is 2.46. The molecule has 70 heavy (non-hydrogen) atoms. The molecule has 1 N–H and O–H groups in total. The highest BCUT2D eigenvalue weighted by molar-refractivity contribution is 7.99. The van der Waals surface area contributed by atoms with Gasteiger partial charge in [-0.25, -0.2) is 0 Å². The number of nitrogens with one attached hydrogen (secondary N) is 1. The molecule has 2 saturated heterocycles. The first-order valence-electron chi connectivity index (χ1n) is 23.6. The van der Waals surface area contributed by atoms with Crippen molar-refractivity contribution in [2.75, 3.05) is 56.2 Å². The summed E-state index contributed by atoms with van der Waals surface area (Å²) < 4.78 is 25.1. The molecule has 366 valence electrons. The van der Waals surface area contributed by atoms with Gasteiger partial charge in [0.1, 0.15) is 28.2 Å². The molecule has 17 heteroatoms. The minimum atomic E-state index is -0.569. The van der Waals surface area contributed by atoms with Gasteiger partial charge >= 0.3 is 5.97 Å². The van der Waals surface area contributed by atoms with E-state index in [1.165, 1.54) is 16.0 Å². The number of amides is 1. The van der Waals surface area contributed by atoms with Crippen LogP contribution in [0.2, 0.25) is 5.02 Å². The van der Waals surface area contributed by atoms with Crippen LogP contribution in [0.15, 0.2) is 96.8 Å². The first-order valence-corrected chi connectivity index (χ1v) is 25.6. The fourth-order valence-electron chi connectivity index (χ4n) is 9.28. The molecule has 0 spiro atoms. The highest BCUT2D eigenvalue weighted by Gasteiger charge is 2.34. The van der Waals surface area contributed by atoms with Crippen LogP contribution in [0.1, 0.15) is 91.4 Å². The lowest BCUT2D eigenvalue weighted by Gasteiger charge is -2.34. The smallest absolute Gasteiger partial charge is 0.308 e. The number of aryl methyl sites for hydroxylation is 2. The van der Waals surface area contributed by atoms with Crippen molar-refractivity contribution in [3.63, 3.8) is 0 Å². The Morgan fingerprint density at radius 1 is 0.929 bits per heavy atom. The summed E-state index contributed by atoms with van der Waals surface area (Å²) in [5.41, 5.74) is 7.39. The van der Waals surface area contributed by atoms with Crippen molar-refractivity contribution in [1.29, 1.82) is 0 Å². The molecule has 2 fully saturated rings. The average Bonchev–Trinajstić information content (AvgIpc) is 3.79. The molecule has 0 saturated carbocycles. The molecule has 3 aromatic carbocycles. The number of ether oxygens (including phenoxy) is 3. The van der Waals surface area contributed by atoms with E-state index in [9.17, 15) is 14.4 Å². The number of hydrogen-bond donors (Lipinski definition) is 1. The monoisotopic (exact) mass is 1000 g/mol. The van der Waals surface area contributed by atoms with Crippen molar-refractivity contribution in [3.05, 3.63) is 132 Å². The summed E-state index contributed by atoms with van der Waals surface area (Å²) in [6.07, 6.45) is 1.07. The van der Waals surface area contributed by atoms with Gasteiger partial charge in [-0.3, -0.25) is 28.8 Å². The first-order chi connectivity index (χ1) is 33.5. The zero-order valence-corrected chi connectivity index (χ0v) is 43.1. The van der Waals surface area contributed by atoms with Crippen molar-refractivity contribution in [2.24, 2.45) is 4.99 Å². The topological polar surface area (TPSA) is 154 Å². The normalized spacial score (nSPS) is 18.8. The van der Waals surface area contributed by atoms with Crippen molar-refractivity contribution in [2.45, 2.75) is 102 Å². The maximum Gasteiger partial charge on any atom is 0.308 e. The van der Waals surface area contributed by atoms with Crippen LogP contribution in [0.25, 0.3) is 16.3 Å². The fourth-order valence-corrected chi connectivity index (χ4v) is 11.8. The number of aliphatic imine (C=N–C) groups is 1. The van der Waals surface area contributed by atoms with Gasteiger partial charge in [-0.1, -0.05) is 53.7 Å². The quantitative estimate of drug-likeness (QED) is 0.144. The average molecular weight is 1000 g/mol. The van der Waals surface area contributed by atoms with E-state index in [-0.39, 0.29) is 35.9 Å². The summed E-state index contributed by atoms with van der Waals surface area (Å²) >= 11 is 9.49. The summed E-state index contributed by atoms with van der Waals surface area (Å²) in [7, 11) is 0. The van der Waals surface area contributed by atoms with E-state index >= 15 is 0 Å². The molecule has 4 aliphatic rings. The second-order valence-electron chi connectivity index (χ2n) is 19.2. The number of carbonyl (C=O) groups excluding carboxylic acids is 2. The van der Waals surface area contributed by atoms with Gasteiger partial charge in [0.2, 0.25) is 5.91 Å². The zero-order chi connectivity index (χ0) is 49.4. The van der Waals surface area contributed by atoms with E-state index in [2.05, 4.69) is 57.4 Å². The van der Waals surface area contributed by atoms with Crippen LogP contribution < -0.4 is 15.6 Å². The lowest BCUT2D eigenvalue weighted by molar-refractivity contribution is -0.155. The third-order valence-corrected chi connectivity index (χ3v) is 15.1. The van der Waals surface area contributed by atoms with Gasteiger partial charge in [-0.2, -0.15) is 0 Å². The third-order valence-electron chi connectivity index (χ3n) is 12.4. The van der Waals surface area contributed by atoms with Crippen molar-refractivity contribution >= 4 is 63.9 Å². The number of nitrogens with zero attached hydrogens (tertiary/aromatic N) is 6. The number of rotatable bonds is 8. The summed E-state index contributed by atoms with van der Waals surface area (Å²) in [5.74, 6) is 2.24. The van der Waals surface area contributed by atoms with Crippen molar-refractivity contribution < 1.29 is 28.2 Å². The van der Waals surface area contributed by atoms with Crippen molar-refractivity contribution in [3.8, 4) is 16.3 Å². The van der Waals surface area contributed by atoms with E-state index < -0.39 is 11.6 Å². The summed E-state index contributed by atoms with van der Waals surface area (Å²) in [4.78, 5) is 50.8. The van der Waals surface area contributed by atoms with Gasteiger partial charge in [-0.15, -0.1) is 21.5 Å². The van der Waals surface area contributed by atoms with Crippen LogP contribution in [0.4, 0.5) is 11.6 Å². The molecule has 0 aliphatic carbocycles. The van der Waals surface area contributed by atoms with E-state index in [0.717, 1.165) is 73.8 Å². The number of aromatic nitrogens is 3. The Balaban J connectivity index is 0.000000179. The third kappa shape index (κ3) is 11.1. The Bertz CT molecular complexity index is 3020. The minimum absolute atomic E-state index is 0.0161. The van der Waals surface area contributed by atoms with Gasteiger partial charge in [-0.05, 0) is 109 Å². The lowest BCUT2D eigenvalue weighted by Crippen LogP contribution is -2.48. The zero-order valence-electron chi connectivity index (χ0n) is 40.8. The minimum Gasteiger partial charge on any atom is -0.460 e. The molecule has 6 aromatic rings. The summed E-state index contributed by atoms with van der Waals surface area (Å²) in [6, 6.07) is 22.5. The molecular formula is C53H58ClN7O7S2. The van der Waals surface area contributed by atoms with Crippen LogP contribution >= 0.6 is 34.7 Å². The second kappa shape index (κ2) is 20.6. The summed E-state index contributed by atoms with van der Waals surface area (Å²) in [6.45, 7) is 20.3. The molecule has 14 nitrogen and oxygen atoms in total. The number of benzene rings is 3. The van der Waals surface area contributed by atoms with Gasteiger partial charge in [0.25, 0.3) is 0 Å². The number of halogens is 1. The van der Waals surface area contributed by atoms with Gasteiger partial charge in [0, 0.05) is 80.4 Å². The molecule has 3 atom stereocenters. The van der Waals surface area contributed by atoms with Gasteiger partial charge in [0.15, 0.2) is 17.1 Å². The molecule has 0 radical (unpaired) electrons. The Morgan fingerprint density at radius 3 is 2.40 bits per heavy atom. The van der Waals surface area contributed by atoms with Gasteiger partial charge in [0.05, 0.1) is 44.1 Å². The van der Waals surface area contributed by atoms with Crippen LogP contribution in [0.3, 0.4) is 0 Å². The van der Waals surface area contributed by atoms with Gasteiger partial charge < -0.3 is 28.8 Å². The van der Waals surface area contributed by atoms with Crippen molar-refractivity contribution in [1.82, 2.24) is 19.7 Å². The number of hydrogen-bond acceptors (Lipinski definition) is 14. The van der Waals surface area contributed by atoms with E-state index in [1.54, 1.807) is 35.2 Å². The number of anilines is 2. The van der Waals surface area contributed by atoms with Crippen LogP contribution in [0.5, 0.6) is 0 Å². The molecule has 3 aromatic heterocycles. The predicted molar refractivity (Wildman–Crippen MR) is 276 cm³/mol. The molecule has 1 amide bonds. The Morgan fingerprint density at radius 2 is 1.67 bits per heavy atom. The number of fused-ring (bicyclic) bond motifs is 5. The highest BCUT2D eigenvalue weighted by atomic mass is 35.5. The molecule has 0 bridgehead atoms. The second-order valence-corrected chi connectivity index (χ2v) is 21.9. The first kappa shape index (κ1) is 49.4. The molecular weight excluding hydrogens is 946 g/mol. The number of thiophene rings is 1. The van der Waals surface area contributed by atoms with E-state index in [1.807, 2.05) is 88.6 Å². The largest absolute Gasteiger partial charge is 0.460 e. The predicted octanol–water partition coefficient (Wildman–Crippen LogP) is 9.78. The number of esters is 1. The molecule has 7 heterocycles. The lowest BCUT2D eigenvalue weighted by atomic mass is 9.99. The maximum atomic E-state index is 12.8. The molecule has 4 aliphatic heterocycles. The van der Waals surface area contributed by atoms with E-state index in [0.29, 0.717) is 55.3 Å². The standard InChI is InChI=1S/C30H33N3O5S.C23H25ClN4O2S/c1-19-16-32(17-20(2)37-19)18-28(35)31-23-6-7-27-22(13-23)12-21-4-3-5-25(30(21)39-27)26-14-24(34)15-29(38-26)33-8-10-36-11-9-33;1-12-13(2)31-22-19(12)20(15-7-9-16(24)10-8-15)25-17(11-18(29)30-23(4,5)6)21-27-26-14(3)28(21)22/h3-7,13-15,19-20H,8-12,16-18H2,1-2H3,(H,31,35);7-10,17H,11H2,1-6H3/t19-,20+;17-/m.0/s1. The van der Waals surface area contributed by atoms with Crippen LogP contribution in [0, 0.1) is 20.8 Å². The molecule has 0 unspecified atom stereocenters. The Kier molecular flexibility index (Phi) is 14.5. The number of morpholine rings is 2. The summed E-state index contributed by atoms with van der Waals surface area (Å²) in [5, 5.41) is 13.5. The maximum absolute atomic E-state index is 12.8. The molecule has 10 rings (SSSR count). The van der Waals surface area contributed by atoms with Crippen LogP contribution in [-0.4, -0.2) is 101 Å². The Hall–Kier alpha value is -5.62. The van der Waals surface area contributed by atoms with Crippen LogP contribution in [-0.2, 0) is 30.2 Å². The van der Waals surface area contributed by atoms with E-state index in [4.69, 9.17) is 35.2 Å². The SMILES string of the molecule is C[C@@H]1CN(CC(=O)Nc2ccc3c(c2)Cc2cccc(-c4cc(=O)cc(N5CCOCC5)o4)c2S3)C[C@H](C)O1.Cc1sc2c(c1C)C(c1ccc(Cl)cc1)=N[C@@H](CC(=O)OC(C)(C)C)c1nnc(C)n1-2.